The number of aromatic nitrogens is 1. The van der Waals surface area contributed by atoms with Crippen molar-refractivity contribution in [3.8, 4) is 0 Å². The van der Waals surface area contributed by atoms with Gasteiger partial charge in [-0.05, 0) is 43.7 Å². The highest BCUT2D eigenvalue weighted by atomic mass is 16.5. The van der Waals surface area contributed by atoms with Crippen molar-refractivity contribution >= 4 is 23.0 Å². The number of carbonyl (C=O) groups excluding carboxylic acids is 2. The monoisotopic (exact) mass is 386 g/mol. The van der Waals surface area contributed by atoms with E-state index in [4.69, 9.17) is 9.15 Å². The van der Waals surface area contributed by atoms with E-state index in [0.29, 0.717) is 23.1 Å². The predicted molar refractivity (Wildman–Crippen MR) is 103 cm³/mol. The van der Waals surface area contributed by atoms with E-state index in [0.717, 1.165) is 25.8 Å². The Balaban J connectivity index is 1.30. The number of piperidine rings is 1. The van der Waals surface area contributed by atoms with Gasteiger partial charge in [0.15, 0.2) is 12.2 Å². The number of benzene rings is 1. The standard InChI is InChI=1S/C21H26N2O5/c24-19(22-12-5-7-15-6-1-2-8-16(15)22)14-27-20(25)11-13-23-17-9-3-4-10-18(17)28-21(23)26/h3-4,9-10,15-16H,1-2,5-8,11-14H2/t15-,16+/m1/s1. The average Bonchev–Trinajstić information content (AvgIpc) is 3.05. The summed E-state index contributed by atoms with van der Waals surface area (Å²) in [5.41, 5.74) is 1.14. The van der Waals surface area contributed by atoms with Crippen molar-refractivity contribution in [1.29, 1.82) is 0 Å². The number of likely N-dealkylation sites (tertiary alicyclic amines) is 1. The number of amides is 1. The van der Waals surface area contributed by atoms with Crippen LogP contribution < -0.4 is 5.76 Å². The van der Waals surface area contributed by atoms with E-state index in [-0.39, 0.29) is 25.5 Å². The molecule has 2 aliphatic rings. The zero-order valence-corrected chi connectivity index (χ0v) is 16.0. The van der Waals surface area contributed by atoms with Crippen LogP contribution in [0.25, 0.3) is 11.1 Å². The van der Waals surface area contributed by atoms with Crippen molar-refractivity contribution in [2.75, 3.05) is 13.2 Å². The van der Waals surface area contributed by atoms with E-state index in [9.17, 15) is 14.4 Å². The summed E-state index contributed by atoms with van der Waals surface area (Å²) < 4.78 is 11.8. The molecule has 7 heteroatoms. The molecule has 0 radical (unpaired) electrons. The van der Waals surface area contributed by atoms with E-state index < -0.39 is 11.7 Å². The molecule has 1 aromatic carbocycles. The third kappa shape index (κ3) is 3.84. The summed E-state index contributed by atoms with van der Waals surface area (Å²) in [5.74, 6) is -0.483. The lowest BCUT2D eigenvalue weighted by atomic mass is 9.78. The number of aryl methyl sites for hydroxylation is 1. The van der Waals surface area contributed by atoms with Crippen LogP contribution in [0.1, 0.15) is 44.9 Å². The fourth-order valence-corrected chi connectivity index (χ4v) is 4.66. The highest BCUT2D eigenvalue weighted by Crippen LogP contribution is 2.35. The normalized spacial score (nSPS) is 22.1. The topological polar surface area (TPSA) is 81.7 Å². The predicted octanol–water partition coefficient (Wildman–Crippen LogP) is 2.71. The van der Waals surface area contributed by atoms with Crippen LogP contribution in [0.2, 0.25) is 0 Å². The number of oxazole rings is 1. The van der Waals surface area contributed by atoms with Crippen LogP contribution in [-0.4, -0.2) is 40.5 Å². The van der Waals surface area contributed by atoms with Gasteiger partial charge in [-0.2, -0.15) is 0 Å². The van der Waals surface area contributed by atoms with E-state index in [2.05, 4.69) is 0 Å². The minimum absolute atomic E-state index is 0.0166. The SMILES string of the molecule is O=C(CCn1c(=O)oc2ccccc21)OCC(=O)N1CCC[C@H]2CCCC[C@@H]21. The molecule has 1 saturated heterocycles. The molecule has 0 N–H and O–H groups in total. The van der Waals surface area contributed by atoms with Crippen LogP contribution >= 0.6 is 0 Å². The number of hydrogen-bond donors (Lipinski definition) is 0. The lowest BCUT2D eigenvalue weighted by Crippen LogP contribution is -2.50. The van der Waals surface area contributed by atoms with E-state index >= 15 is 0 Å². The summed E-state index contributed by atoms with van der Waals surface area (Å²) in [5, 5.41) is 0. The van der Waals surface area contributed by atoms with Crippen molar-refractivity contribution in [1.82, 2.24) is 9.47 Å². The summed E-state index contributed by atoms with van der Waals surface area (Å²) in [4.78, 5) is 38.6. The number of carbonyl (C=O) groups is 2. The average molecular weight is 386 g/mol. The summed E-state index contributed by atoms with van der Waals surface area (Å²) in [7, 11) is 0. The van der Waals surface area contributed by atoms with Crippen LogP contribution in [-0.2, 0) is 20.9 Å². The lowest BCUT2D eigenvalue weighted by molar-refractivity contribution is -0.155. The fraction of sp³-hybridized carbons (Fsp3) is 0.571. The molecule has 150 valence electrons. The van der Waals surface area contributed by atoms with Crippen molar-refractivity contribution in [3.05, 3.63) is 34.8 Å². The number of para-hydroxylation sites is 2. The summed E-state index contributed by atoms with van der Waals surface area (Å²) in [6.07, 6.45) is 6.91. The van der Waals surface area contributed by atoms with Gasteiger partial charge >= 0.3 is 11.7 Å². The molecule has 2 heterocycles. The van der Waals surface area contributed by atoms with Gasteiger partial charge in [0.1, 0.15) is 0 Å². The molecule has 7 nitrogen and oxygen atoms in total. The molecule has 1 aliphatic heterocycles. The highest BCUT2D eigenvalue weighted by Gasteiger charge is 2.35. The summed E-state index contributed by atoms with van der Waals surface area (Å²) >= 11 is 0. The minimum Gasteiger partial charge on any atom is -0.456 e. The highest BCUT2D eigenvalue weighted by molar-refractivity contribution is 5.81. The molecule has 4 rings (SSSR count). The first-order chi connectivity index (χ1) is 13.6. The zero-order valence-electron chi connectivity index (χ0n) is 16.0. The van der Waals surface area contributed by atoms with Crippen LogP contribution in [0.3, 0.4) is 0 Å². The third-order valence-electron chi connectivity index (χ3n) is 6.03. The minimum atomic E-state index is -0.498. The van der Waals surface area contributed by atoms with E-state index in [1.54, 1.807) is 18.2 Å². The first-order valence-corrected chi connectivity index (χ1v) is 10.2. The smallest absolute Gasteiger partial charge is 0.419 e. The second-order valence-electron chi connectivity index (χ2n) is 7.74. The molecule has 2 fully saturated rings. The maximum Gasteiger partial charge on any atom is 0.419 e. The first-order valence-electron chi connectivity index (χ1n) is 10.2. The Bertz CT molecular complexity index is 913. The lowest BCUT2D eigenvalue weighted by Gasteiger charge is -2.44. The summed E-state index contributed by atoms with van der Waals surface area (Å²) in [6, 6.07) is 7.38. The molecular weight excluding hydrogens is 360 g/mol. The number of hydrogen-bond acceptors (Lipinski definition) is 5. The molecule has 1 aliphatic carbocycles. The van der Waals surface area contributed by atoms with Gasteiger partial charge in [0.25, 0.3) is 5.91 Å². The van der Waals surface area contributed by atoms with Gasteiger partial charge in [-0.15, -0.1) is 0 Å². The number of fused-ring (bicyclic) bond motifs is 2. The second-order valence-corrected chi connectivity index (χ2v) is 7.74. The van der Waals surface area contributed by atoms with Gasteiger partial charge < -0.3 is 14.1 Å². The molecule has 0 spiro atoms. The third-order valence-corrected chi connectivity index (χ3v) is 6.03. The molecule has 2 aromatic rings. The number of ether oxygens (including phenoxy) is 1. The number of nitrogens with zero attached hydrogens (tertiary/aromatic N) is 2. The van der Waals surface area contributed by atoms with Crippen LogP contribution in [0.5, 0.6) is 0 Å². The Hall–Kier alpha value is -2.57. The Kier molecular flexibility index (Phi) is 5.50. The van der Waals surface area contributed by atoms with Gasteiger partial charge in [-0.3, -0.25) is 14.2 Å². The Morgan fingerprint density at radius 3 is 2.79 bits per heavy atom. The maximum atomic E-state index is 12.6. The van der Waals surface area contributed by atoms with Gasteiger partial charge in [-0.1, -0.05) is 25.0 Å². The Morgan fingerprint density at radius 2 is 1.89 bits per heavy atom. The van der Waals surface area contributed by atoms with Crippen LogP contribution in [0.15, 0.2) is 33.5 Å². The molecular formula is C21H26N2O5. The molecule has 1 amide bonds. The van der Waals surface area contributed by atoms with Crippen molar-refractivity contribution in [3.63, 3.8) is 0 Å². The van der Waals surface area contributed by atoms with Crippen LogP contribution in [0, 0.1) is 5.92 Å². The molecule has 0 bridgehead atoms. The fourth-order valence-electron chi connectivity index (χ4n) is 4.66. The Morgan fingerprint density at radius 1 is 1.11 bits per heavy atom. The first kappa shape index (κ1) is 18.8. The van der Waals surface area contributed by atoms with Crippen molar-refractivity contribution < 1.29 is 18.7 Å². The zero-order chi connectivity index (χ0) is 19.5. The van der Waals surface area contributed by atoms with Gasteiger partial charge in [0, 0.05) is 19.1 Å². The molecule has 28 heavy (non-hydrogen) atoms. The van der Waals surface area contributed by atoms with Crippen molar-refractivity contribution in [2.45, 2.75) is 57.5 Å². The van der Waals surface area contributed by atoms with E-state index in [1.165, 1.54) is 23.8 Å². The molecule has 0 unspecified atom stereocenters. The molecule has 1 saturated carbocycles. The van der Waals surface area contributed by atoms with Crippen LogP contribution in [0.4, 0.5) is 0 Å². The molecule has 1 aromatic heterocycles. The van der Waals surface area contributed by atoms with E-state index in [1.807, 2.05) is 11.0 Å². The quantitative estimate of drug-likeness (QED) is 0.738. The van der Waals surface area contributed by atoms with Crippen molar-refractivity contribution in [2.24, 2.45) is 5.92 Å². The van der Waals surface area contributed by atoms with Gasteiger partial charge in [0.05, 0.1) is 11.9 Å². The number of esters is 1. The Labute approximate surface area is 163 Å². The summed E-state index contributed by atoms with van der Waals surface area (Å²) in [6.45, 7) is 0.703. The van der Waals surface area contributed by atoms with Gasteiger partial charge in [0.2, 0.25) is 0 Å². The second kappa shape index (κ2) is 8.20. The maximum absolute atomic E-state index is 12.6. The number of rotatable bonds is 5. The largest absolute Gasteiger partial charge is 0.456 e. The van der Waals surface area contributed by atoms with Gasteiger partial charge in [-0.25, -0.2) is 4.79 Å². The molecule has 2 atom stereocenters.